The molecule has 172 valence electrons. The van der Waals surface area contributed by atoms with E-state index in [-0.39, 0.29) is 17.8 Å². The first-order valence-corrected chi connectivity index (χ1v) is 11.8. The van der Waals surface area contributed by atoms with Crippen molar-refractivity contribution in [2.45, 2.75) is 51.6 Å². The van der Waals surface area contributed by atoms with Crippen LogP contribution in [-0.4, -0.2) is 49.6 Å². The summed E-state index contributed by atoms with van der Waals surface area (Å²) in [6.45, 7) is 6.96. The molecule has 2 aromatic carbocycles. The van der Waals surface area contributed by atoms with Crippen LogP contribution in [-0.2, 0) is 11.3 Å². The second-order valence-electron chi connectivity index (χ2n) is 9.00. The Labute approximate surface area is 190 Å². The molecule has 1 amide bonds. The summed E-state index contributed by atoms with van der Waals surface area (Å²) in [5, 5.41) is 3.11. The maximum Gasteiger partial charge on any atom is 0.222 e. The van der Waals surface area contributed by atoms with Gasteiger partial charge in [-0.3, -0.25) is 4.79 Å². The van der Waals surface area contributed by atoms with Crippen molar-refractivity contribution in [1.82, 2.24) is 10.2 Å². The number of hydrogen-bond donors (Lipinski definition) is 1. The van der Waals surface area contributed by atoms with Crippen LogP contribution in [0.1, 0.15) is 43.2 Å². The number of benzene rings is 2. The number of likely N-dealkylation sites (tertiary alicyclic amines) is 1. The van der Waals surface area contributed by atoms with Crippen LogP contribution in [0.5, 0.6) is 5.75 Å². The molecule has 2 aliphatic rings. The van der Waals surface area contributed by atoms with E-state index in [1.54, 1.807) is 12.1 Å². The number of rotatable bonds is 7. The molecule has 0 radical (unpaired) electrons. The fourth-order valence-corrected chi connectivity index (χ4v) is 4.62. The molecule has 0 bridgehead atoms. The molecule has 1 unspecified atom stereocenters. The molecule has 32 heavy (non-hydrogen) atoms. The zero-order chi connectivity index (χ0) is 22.3. The predicted octanol–water partition coefficient (Wildman–Crippen LogP) is 4.28. The zero-order valence-electron chi connectivity index (χ0n) is 19.0. The van der Waals surface area contributed by atoms with Crippen LogP contribution in [0, 0.1) is 12.7 Å². The highest BCUT2D eigenvalue weighted by atomic mass is 19.1. The van der Waals surface area contributed by atoms with Gasteiger partial charge in [0.1, 0.15) is 18.2 Å². The van der Waals surface area contributed by atoms with Gasteiger partial charge in [-0.2, -0.15) is 0 Å². The van der Waals surface area contributed by atoms with Gasteiger partial charge in [-0.25, -0.2) is 4.39 Å². The molecule has 0 saturated carbocycles. The fourth-order valence-electron chi connectivity index (χ4n) is 4.62. The van der Waals surface area contributed by atoms with Crippen molar-refractivity contribution in [2.24, 2.45) is 0 Å². The summed E-state index contributed by atoms with van der Waals surface area (Å²) >= 11 is 0. The van der Waals surface area contributed by atoms with Crippen LogP contribution < -0.4 is 15.0 Å². The summed E-state index contributed by atoms with van der Waals surface area (Å²) in [4.78, 5) is 17.4. The molecule has 0 aromatic heterocycles. The second kappa shape index (κ2) is 10.8. The standard InChI is InChI=1S/C26H34FN3O2/c1-20-6-11-24-25(16-20)32-19-23(30(24)18-21-7-9-22(27)10-8-21)17-26(31)28-12-15-29-13-4-2-3-5-14-29/h6-11,16,23H,2-5,12-15,17-19H2,1H3,(H,28,31). The van der Waals surface area contributed by atoms with Crippen LogP contribution >= 0.6 is 0 Å². The lowest BCUT2D eigenvalue weighted by Crippen LogP contribution is -2.46. The smallest absolute Gasteiger partial charge is 0.222 e. The number of amides is 1. The first-order valence-electron chi connectivity index (χ1n) is 11.8. The Morgan fingerprint density at radius 2 is 1.84 bits per heavy atom. The second-order valence-corrected chi connectivity index (χ2v) is 9.00. The lowest BCUT2D eigenvalue weighted by atomic mass is 10.0. The minimum Gasteiger partial charge on any atom is -0.489 e. The fraction of sp³-hybridized carbons (Fsp3) is 0.500. The molecule has 5 nitrogen and oxygen atoms in total. The van der Waals surface area contributed by atoms with Gasteiger partial charge in [-0.15, -0.1) is 0 Å². The van der Waals surface area contributed by atoms with Gasteiger partial charge in [-0.1, -0.05) is 31.0 Å². The lowest BCUT2D eigenvalue weighted by Gasteiger charge is -2.38. The molecule has 2 aliphatic heterocycles. The first-order chi connectivity index (χ1) is 15.6. The zero-order valence-corrected chi connectivity index (χ0v) is 19.0. The number of carbonyl (C=O) groups is 1. The van der Waals surface area contributed by atoms with Gasteiger partial charge in [-0.05, 0) is 68.2 Å². The minimum absolute atomic E-state index is 0.0492. The van der Waals surface area contributed by atoms with Crippen LogP contribution in [0.25, 0.3) is 0 Å². The normalized spacial score (nSPS) is 19.1. The molecule has 0 aliphatic carbocycles. The highest BCUT2D eigenvalue weighted by molar-refractivity contribution is 5.77. The number of anilines is 1. The predicted molar refractivity (Wildman–Crippen MR) is 126 cm³/mol. The van der Waals surface area contributed by atoms with Crippen molar-refractivity contribution in [3.05, 3.63) is 59.4 Å². The quantitative estimate of drug-likeness (QED) is 0.699. The highest BCUT2D eigenvalue weighted by Gasteiger charge is 2.29. The third kappa shape index (κ3) is 6.00. The Bertz CT molecular complexity index is 894. The van der Waals surface area contributed by atoms with Crippen LogP contribution in [0.15, 0.2) is 42.5 Å². The van der Waals surface area contributed by atoms with E-state index in [1.807, 2.05) is 13.0 Å². The molecular weight excluding hydrogens is 405 g/mol. The van der Waals surface area contributed by atoms with Gasteiger partial charge >= 0.3 is 0 Å². The molecule has 2 aromatic rings. The maximum atomic E-state index is 13.4. The maximum absolute atomic E-state index is 13.4. The molecular formula is C26H34FN3O2. The molecule has 0 spiro atoms. The average molecular weight is 440 g/mol. The molecule has 1 saturated heterocycles. The number of ether oxygens (including phenoxy) is 1. The van der Waals surface area contributed by atoms with E-state index in [0.29, 0.717) is 26.1 Å². The van der Waals surface area contributed by atoms with Gasteiger partial charge in [0.05, 0.1) is 18.2 Å². The number of hydrogen-bond acceptors (Lipinski definition) is 4. The monoisotopic (exact) mass is 439 g/mol. The SMILES string of the molecule is Cc1ccc2c(c1)OCC(CC(=O)NCCN1CCCCCC1)N2Cc1ccc(F)cc1. The molecule has 1 atom stereocenters. The van der Waals surface area contributed by atoms with Crippen molar-refractivity contribution < 1.29 is 13.9 Å². The van der Waals surface area contributed by atoms with Crippen LogP contribution in [0.3, 0.4) is 0 Å². The summed E-state index contributed by atoms with van der Waals surface area (Å²) in [6, 6.07) is 12.6. The van der Waals surface area contributed by atoms with Crippen molar-refractivity contribution in [2.75, 3.05) is 37.7 Å². The number of nitrogens with zero attached hydrogens (tertiary/aromatic N) is 2. The van der Waals surface area contributed by atoms with Gasteiger partial charge in [0.25, 0.3) is 0 Å². The number of carbonyl (C=O) groups excluding carboxylic acids is 1. The van der Waals surface area contributed by atoms with E-state index in [1.165, 1.54) is 37.8 Å². The lowest BCUT2D eigenvalue weighted by molar-refractivity contribution is -0.121. The Morgan fingerprint density at radius 1 is 1.09 bits per heavy atom. The van der Waals surface area contributed by atoms with Crippen molar-refractivity contribution in [1.29, 1.82) is 0 Å². The number of aryl methyl sites for hydroxylation is 1. The summed E-state index contributed by atoms with van der Waals surface area (Å²) < 4.78 is 19.4. The Kier molecular flexibility index (Phi) is 7.63. The van der Waals surface area contributed by atoms with Gasteiger partial charge in [0.2, 0.25) is 5.91 Å². The summed E-state index contributed by atoms with van der Waals surface area (Å²) in [5.41, 5.74) is 3.12. The summed E-state index contributed by atoms with van der Waals surface area (Å²) in [5.74, 6) is 0.644. The van der Waals surface area contributed by atoms with Gasteiger partial charge in [0, 0.05) is 19.6 Å². The van der Waals surface area contributed by atoms with E-state index in [4.69, 9.17) is 4.74 Å². The topological polar surface area (TPSA) is 44.8 Å². The Hall–Kier alpha value is -2.60. The number of halogens is 1. The van der Waals surface area contributed by atoms with E-state index < -0.39 is 0 Å². The average Bonchev–Trinajstić information content (AvgIpc) is 3.05. The molecule has 6 heteroatoms. The Morgan fingerprint density at radius 3 is 2.59 bits per heavy atom. The number of fused-ring (bicyclic) bond motifs is 1. The Balaban J connectivity index is 1.39. The summed E-state index contributed by atoms with van der Waals surface area (Å²) in [7, 11) is 0. The van der Waals surface area contributed by atoms with Crippen molar-refractivity contribution >= 4 is 11.6 Å². The van der Waals surface area contributed by atoms with Gasteiger partial charge < -0.3 is 19.9 Å². The number of nitrogens with one attached hydrogen (secondary N) is 1. The molecule has 1 N–H and O–H groups in total. The van der Waals surface area contributed by atoms with Crippen LogP contribution in [0.2, 0.25) is 0 Å². The minimum atomic E-state index is -0.243. The molecule has 4 rings (SSSR count). The van der Waals surface area contributed by atoms with Crippen molar-refractivity contribution in [3.8, 4) is 5.75 Å². The molecule has 2 heterocycles. The third-order valence-corrected chi connectivity index (χ3v) is 6.43. The third-order valence-electron chi connectivity index (χ3n) is 6.43. The highest BCUT2D eigenvalue weighted by Crippen LogP contribution is 2.36. The molecule has 1 fully saturated rings. The van der Waals surface area contributed by atoms with E-state index in [0.717, 1.165) is 42.2 Å². The van der Waals surface area contributed by atoms with E-state index in [9.17, 15) is 9.18 Å². The first kappa shape index (κ1) is 22.6. The van der Waals surface area contributed by atoms with E-state index in [2.05, 4.69) is 27.2 Å². The van der Waals surface area contributed by atoms with E-state index >= 15 is 0 Å². The van der Waals surface area contributed by atoms with Crippen molar-refractivity contribution in [3.63, 3.8) is 0 Å². The van der Waals surface area contributed by atoms with Gasteiger partial charge in [0.15, 0.2) is 0 Å². The van der Waals surface area contributed by atoms with Crippen LogP contribution in [0.4, 0.5) is 10.1 Å². The summed E-state index contributed by atoms with van der Waals surface area (Å²) in [6.07, 6.45) is 5.51. The largest absolute Gasteiger partial charge is 0.489 e.